The first-order chi connectivity index (χ1) is 10.4. The average Bonchev–Trinajstić information content (AvgIpc) is 3.25. The molecule has 2 aliphatic rings. The highest BCUT2D eigenvalue weighted by Crippen LogP contribution is 2.31. The van der Waals surface area contributed by atoms with Gasteiger partial charge in [0.25, 0.3) is 0 Å². The van der Waals surface area contributed by atoms with Crippen molar-refractivity contribution in [2.24, 2.45) is 5.92 Å². The number of rotatable bonds is 2. The van der Waals surface area contributed by atoms with E-state index in [0.717, 1.165) is 48.3 Å². The number of nitrogens with zero attached hydrogens (tertiary/aromatic N) is 2. The van der Waals surface area contributed by atoms with E-state index in [1.165, 1.54) is 19.3 Å². The second-order valence-corrected chi connectivity index (χ2v) is 6.13. The van der Waals surface area contributed by atoms with Gasteiger partial charge in [-0.3, -0.25) is 0 Å². The van der Waals surface area contributed by atoms with Crippen molar-refractivity contribution in [2.45, 2.75) is 44.8 Å². The number of hydrogen-bond donors (Lipinski definition) is 0. The third-order valence-corrected chi connectivity index (χ3v) is 4.34. The summed E-state index contributed by atoms with van der Waals surface area (Å²) in [7, 11) is 0. The van der Waals surface area contributed by atoms with Crippen LogP contribution >= 0.6 is 0 Å². The van der Waals surface area contributed by atoms with Gasteiger partial charge >= 0.3 is 0 Å². The van der Waals surface area contributed by atoms with Gasteiger partial charge in [-0.1, -0.05) is 11.8 Å². The summed E-state index contributed by atoms with van der Waals surface area (Å²) in [5.41, 5.74) is 2.24. The van der Waals surface area contributed by atoms with Crippen LogP contribution < -0.4 is 0 Å². The molecule has 1 aromatic carbocycles. The highest BCUT2D eigenvalue weighted by molar-refractivity contribution is 5.80. The van der Waals surface area contributed by atoms with Gasteiger partial charge in [0.2, 0.25) is 0 Å². The minimum Gasteiger partial charge on any atom is -0.356 e. The largest absolute Gasteiger partial charge is 0.356 e. The highest BCUT2D eigenvalue weighted by atomic mass is 16.5. The van der Waals surface area contributed by atoms with Gasteiger partial charge < -0.3 is 4.74 Å². The number of hydrogen-bond acceptors (Lipinski definition) is 2. The Balaban J connectivity index is 1.58. The van der Waals surface area contributed by atoms with E-state index in [1.807, 2.05) is 10.9 Å². The lowest BCUT2D eigenvalue weighted by Gasteiger charge is -2.23. The predicted octanol–water partition coefficient (Wildman–Crippen LogP) is 3.89. The summed E-state index contributed by atoms with van der Waals surface area (Å²) in [4.78, 5) is 0. The number of fused-ring (bicyclic) bond motifs is 1. The van der Waals surface area contributed by atoms with Crippen LogP contribution in [0.3, 0.4) is 0 Å². The van der Waals surface area contributed by atoms with Crippen molar-refractivity contribution < 1.29 is 4.74 Å². The van der Waals surface area contributed by atoms with E-state index in [4.69, 9.17) is 4.74 Å². The maximum atomic E-state index is 5.83. The topological polar surface area (TPSA) is 27.1 Å². The highest BCUT2D eigenvalue weighted by Gasteiger charge is 2.19. The zero-order chi connectivity index (χ0) is 14.1. The van der Waals surface area contributed by atoms with Crippen molar-refractivity contribution in [1.82, 2.24) is 9.78 Å². The second kappa shape index (κ2) is 5.54. The van der Waals surface area contributed by atoms with Crippen LogP contribution in [0, 0.1) is 17.8 Å². The summed E-state index contributed by atoms with van der Waals surface area (Å²) in [5, 5.41) is 5.68. The Morgan fingerprint density at radius 2 is 2.19 bits per heavy atom. The molecule has 0 amide bonds. The normalized spacial score (nSPS) is 22.0. The number of benzene rings is 1. The van der Waals surface area contributed by atoms with Gasteiger partial charge in [0.05, 0.1) is 11.7 Å². The van der Waals surface area contributed by atoms with E-state index in [9.17, 15) is 0 Å². The minimum atomic E-state index is 0.100. The molecule has 21 heavy (non-hydrogen) atoms. The van der Waals surface area contributed by atoms with Gasteiger partial charge in [-0.2, -0.15) is 5.10 Å². The molecule has 1 atom stereocenters. The van der Waals surface area contributed by atoms with Crippen molar-refractivity contribution in [1.29, 1.82) is 0 Å². The summed E-state index contributed by atoms with van der Waals surface area (Å²) < 4.78 is 7.86. The molecular weight excluding hydrogens is 260 g/mol. The fraction of sp³-hybridized carbons (Fsp3) is 0.500. The van der Waals surface area contributed by atoms with Crippen LogP contribution in [0.2, 0.25) is 0 Å². The molecule has 2 heterocycles. The second-order valence-electron chi connectivity index (χ2n) is 6.13. The van der Waals surface area contributed by atoms with Crippen LogP contribution in [0.15, 0.2) is 24.4 Å². The molecule has 2 aromatic rings. The first kappa shape index (κ1) is 12.9. The lowest BCUT2D eigenvalue weighted by Crippen LogP contribution is -2.18. The molecule has 1 aliphatic carbocycles. The molecule has 0 spiro atoms. The van der Waals surface area contributed by atoms with E-state index in [-0.39, 0.29) is 6.23 Å². The summed E-state index contributed by atoms with van der Waals surface area (Å²) in [5.74, 6) is 7.44. The van der Waals surface area contributed by atoms with E-state index in [0.29, 0.717) is 0 Å². The monoisotopic (exact) mass is 280 g/mol. The molecule has 1 saturated heterocycles. The van der Waals surface area contributed by atoms with Crippen LogP contribution in [0.1, 0.15) is 50.3 Å². The van der Waals surface area contributed by atoms with Gasteiger partial charge in [-0.05, 0) is 56.2 Å². The third-order valence-electron chi connectivity index (χ3n) is 4.34. The fourth-order valence-electron chi connectivity index (χ4n) is 2.90. The zero-order valence-corrected chi connectivity index (χ0v) is 12.2. The quantitative estimate of drug-likeness (QED) is 0.780. The van der Waals surface area contributed by atoms with Gasteiger partial charge in [-0.15, -0.1) is 0 Å². The maximum absolute atomic E-state index is 5.83. The smallest absolute Gasteiger partial charge is 0.150 e. The van der Waals surface area contributed by atoms with Crippen LogP contribution in [0.4, 0.5) is 0 Å². The first-order valence-corrected chi connectivity index (χ1v) is 7.98. The minimum absolute atomic E-state index is 0.100. The molecule has 0 bridgehead atoms. The maximum Gasteiger partial charge on any atom is 0.150 e. The molecule has 0 N–H and O–H groups in total. The molecule has 4 rings (SSSR count). The summed E-state index contributed by atoms with van der Waals surface area (Å²) >= 11 is 0. The standard InChI is InChI=1S/C18H20N2O/c1-2-11-21-18(6-1)20-17-10-9-15(12-16(17)13-19-20)5-3-4-14-7-8-14/h9-10,12-14,18H,1-2,4,6-8,11H2. The Kier molecular flexibility index (Phi) is 3.40. The van der Waals surface area contributed by atoms with Crippen molar-refractivity contribution in [2.75, 3.05) is 6.61 Å². The molecule has 1 aromatic heterocycles. The summed E-state index contributed by atoms with van der Waals surface area (Å²) in [6.07, 6.45) is 9.24. The lowest BCUT2D eigenvalue weighted by molar-refractivity contribution is -0.0366. The van der Waals surface area contributed by atoms with Crippen molar-refractivity contribution in [3.05, 3.63) is 30.0 Å². The Labute approximate surface area is 125 Å². The Morgan fingerprint density at radius 3 is 3.00 bits per heavy atom. The molecule has 0 radical (unpaired) electrons. The fourth-order valence-corrected chi connectivity index (χ4v) is 2.90. The molecular formula is C18H20N2O. The van der Waals surface area contributed by atoms with Crippen LogP contribution in [0.25, 0.3) is 10.9 Å². The van der Waals surface area contributed by atoms with E-state index < -0.39 is 0 Å². The number of ether oxygens (including phenoxy) is 1. The molecule has 1 saturated carbocycles. The average molecular weight is 280 g/mol. The van der Waals surface area contributed by atoms with Crippen molar-refractivity contribution >= 4 is 10.9 Å². The Bertz CT molecular complexity index is 697. The van der Waals surface area contributed by atoms with Gasteiger partial charge in [0.1, 0.15) is 0 Å². The molecule has 1 aliphatic heterocycles. The van der Waals surface area contributed by atoms with Crippen molar-refractivity contribution in [3.8, 4) is 11.8 Å². The van der Waals surface area contributed by atoms with Crippen LogP contribution in [-0.4, -0.2) is 16.4 Å². The van der Waals surface area contributed by atoms with Gasteiger partial charge in [0, 0.05) is 24.0 Å². The lowest BCUT2D eigenvalue weighted by atomic mass is 10.1. The third kappa shape index (κ3) is 2.82. The van der Waals surface area contributed by atoms with E-state index in [1.54, 1.807) is 0 Å². The van der Waals surface area contributed by atoms with E-state index in [2.05, 4.69) is 35.1 Å². The first-order valence-electron chi connectivity index (χ1n) is 7.98. The SMILES string of the molecule is C(#Cc1ccc2c(cnn2C2CCCCO2)c1)CC1CC1. The Hall–Kier alpha value is -1.79. The van der Waals surface area contributed by atoms with Crippen molar-refractivity contribution in [3.63, 3.8) is 0 Å². The molecule has 108 valence electrons. The molecule has 3 heteroatoms. The zero-order valence-electron chi connectivity index (χ0n) is 12.2. The molecule has 3 nitrogen and oxygen atoms in total. The molecule has 1 unspecified atom stereocenters. The summed E-state index contributed by atoms with van der Waals surface area (Å²) in [6.45, 7) is 0.844. The Morgan fingerprint density at radius 1 is 1.24 bits per heavy atom. The predicted molar refractivity (Wildman–Crippen MR) is 82.8 cm³/mol. The molecule has 2 fully saturated rings. The summed E-state index contributed by atoms with van der Waals surface area (Å²) in [6, 6.07) is 6.37. The van der Waals surface area contributed by atoms with Gasteiger partial charge in [0.15, 0.2) is 6.23 Å². The van der Waals surface area contributed by atoms with Crippen LogP contribution in [0.5, 0.6) is 0 Å². The van der Waals surface area contributed by atoms with Gasteiger partial charge in [-0.25, -0.2) is 4.68 Å². The number of aromatic nitrogens is 2. The van der Waals surface area contributed by atoms with Crippen LogP contribution in [-0.2, 0) is 4.74 Å². The van der Waals surface area contributed by atoms with E-state index >= 15 is 0 Å².